The molecule has 9 aromatic rings. The normalized spacial score (nSPS) is 15.2. The lowest BCUT2D eigenvalue weighted by molar-refractivity contribution is 0.414. The minimum Gasteiger partial charge on any atom is -0.497 e. The van der Waals surface area contributed by atoms with Gasteiger partial charge in [0.15, 0.2) is 0 Å². The van der Waals surface area contributed by atoms with Crippen LogP contribution in [0.15, 0.2) is 285 Å². The summed E-state index contributed by atoms with van der Waals surface area (Å²) in [4.78, 5) is 8.90. The molecule has 0 heterocycles. The molecular weight excluding hydrogens is 1170 g/mol. The van der Waals surface area contributed by atoms with Gasteiger partial charge in [-0.2, -0.15) is 0 Å². The van der Waals surface area contributed by atoms with Crippen LogP contribution in [0.3, 0.4) is 0 Å². The van der Waals surface area contributed by atoms with Gasteiger partial charge in [-0.25, -0.2) is 0 Å². The molecule has 0 atom stereocenters. The van der Waals surface area contributed by atoms with Crippen molar-refractivity contribution in [3.05, 3.63) is 318 Å². The molecule has 0 radical (unpaired) electrons. The Kier molecular flexibility index (Phi) is 22.5. The van der Waals surface area contributed by atoms with Crippen LogP contribution in [0.5, 0.6) is 17.2 Å². The number of nitrogens with zero attached hydrogens (tertiary/aromatic N) is 4. The Morgan fingerprint density at radius 3 is 1.52 bits per heavy atom. The molecule has 0 spiro atoms. The summed E-state index contributed by atoms with van der Waals surface area (Å²) in [5.41, 5.74) is 22.8. The number of fused-ring (bicyclic) bond motifs is 7. The van der Waals surface area contributed by atoms with Crippen LogP contribution in [-0.4, -0.2) is 27.9 Å². The first-order chi connectivity index (χ1) is 46.5. The zero-order valence-electron chi connectivity index (χ0n) is 58.9. The maximum Gasteiger partial charge on any atom is 0.119 e. The van der Waals surface area contributed by atoms with Crippen LogP contribution in [0.25, 0.3) is 28.3 Å². The van der Waals surface area contributed by atoms with E-state index in [1.54, 1.807) is 21.3 Å². The molecule has 0 bridgehead atoms. The van der Waals surface area contributed by atoms with Gasteiger partial charge in [0.2, 0.25) is 0 Å². The van der Waals surface area contributed by atoms with Crippen molar-refractivity contribution in [2.75, 3.05) is 47.5 Å². The lowest BCUT2D eigenvalue weighted by atomic mass is 9.81. The monoisotopic (exact) mass is 1270 g/mol. The summed E-state index contributed by atoms with van der Waals surface area (Å²) in [6, 6.07) is 72.9. The summed E-state index contributed by atoms with van der Waals surface area (Å²) in [7, 11) is 5.07. The molecule has 0 amide bonds. The highest BCUT2D eigenvalue weighted by molar-refractivity contribution is 5.87. The van der Waals surface area contributed by atoms with Crippen molar-refractivity contribution in [1.82, 2.24) is 0 Å². The number of hydrogen-bond donors (Lipinski definition) is 0. The highest BCUT2D eigenvalue weighted by atomic mass is 16.5. The number of rotatable bonds is 17. The number of terminal acetylenes is 1. The average Bonchev–Trinajstić information content (AvgIpc) is 1.58. The molecule has 3 aliphatic carbocycles. The molecule has 7 nitrogen and oxygen atoms in total. The number of allylic oxidation sites excluding steroid dienone is 9. The van der Waals surface area contributed by atoms with Gasteiger partial charge in [0, 0.05) is 80.2 Å². The van der Waals surface area contributed by atoms with Gasteiger partial charge >= 0.3 is 0 Å². The van der Waals surface area contributed by atoms with E-state index in [9.17, 15) is 0 Å². The SMILES string of the molecule is C#C/C(=C\C=C(/C)N(/C=C/C)c1ccc(N(c2ccc(OC)cc2)c2ccc3c(c2)C(C)(C)c2ccccc2-3)cc1)N(C1=C/C=C/c2ccccc2C(C)(C)\C=C\1)c1ccc(OC)cc1.C=CCN(c1ccc(OC)cc1)c1ccc2c(c1)-c1ccccc1C2(C)C.CC.CC. The molecule has 0 aromatic heterocycles. The van der Waals surface area contributed by atoms with Crippen molar-refractivity contribution in [3.8, 4) is 51.8 Å². The molecular formula is C89H94N4O3. The number of anilines is 7. The Bertz CT molecular complexity index is 4400. The third-order valence-electron chi connectivity index (χ3n) is 18.1. The standard InChI is InChI=1S/C60H57N3O2.C25H25NO.2C2H6/c1-10-41-61(43(3)23-24-45(11-2)62(49-29-34-52(64-8)35-30-49)47-19-16-18-44-17-12-14-21-56(44)59(4,5)40-39-47)46-25-27-48(28-26-46)63(50-31-36-53(65-9)37-32-50)51-33-38-55-54-20-13-15-22-57(54)60(6,7)58(55)42-51;1-5-16-26(18-10-13-20(27-4)14-11-18)19-12-15-24-22(17-19)21-8-6-7-9-23(21)25(24,2)3;2*1-2/h2,10,12-42H,1,3-9H3;5-15,17H,1,16H2,2-4H3;2*1-2H3/b18-16+,40-39+,41-10+,43-23+,45-24+,47-19+;;;. The van der Waals surface area contributed by atoms with E-state index in [1.165, 1.54) is 61.3 Å². The van der Waals surface area contributed by atoms with Gasteiger partial charge in [0.25, 0.3) is 0 Å². The van der Waals surface area contributed by atoms with Crippen molar-refractivity contribution < 1.29 is 14.2 Å². The zero-order valence-corrected chi connectivity index (χ0v) is 58.9. The van der Waals surface area contributed by atoms with Gasteiger partial charge < -0.3 is 33.8 Å². The minimum atomic E-state index is -0.231. The molecule has 0 N–H and O–H groups in total. The lowest BCUT2D eigenvalue weighted by Gasteiger charge is -2.29. The van der Waals surface area contributed by atoms with Crippen LogP contribution in [0, 0.1) is 12.3 Å². The number of methoxy groups -OCH3 is 3. The van der Waals surface area contributed by atoms with E-state index >= 15 is 0 Å². The summed E-state index contributed by atoms with van der Waals surface area (Å²) in [5, 5.41) is 0. The number of ether oxygens (including phenoxy) is 3. The van der Waals surface area contributed by atoms with Gasteiger partial charge in [-0.15, -0.1) is 13.0 Å². The van der Waals surface area contributed by atoms with Gasteiger partial charge in [-0.3, -0.25) is 0 Å². The molecule has 96 heavy (non-hydrogen) atoms. The van der Waals surface area contributed by atoms with E-state index in [0.717, 1.165) is 69.3 Å². The topological polar surface area (TPSA) is 40.7 Å². The van der Waals surface area contributed by atoms with E-state index in [2.05, 4.69) is 281 Å². The van der Waals surface area contributed by atoms with Crippen molar-refractivity contribution in [3.63, 3.8) is 0 Å². The van der Waals surface area contributed by atoms with Crippen molar-refractivity contribution in [2.45, 2.75) is 99.3 Å². The zero-order chi connectivity index (χ0) is 68.7. The van der Waals surface area contributed by atoms with Crippen LogP contribution in [0.2, 0.25) is 0 Å². The first kappa shape index (κ1) is 69.7. The van der Waals surface area contributed by atoms with E-state index in [4.69, 9.17) is 20.6 Å². The highest BCUT2D eigenvalue weighted by Gasteiger charge is 2.37. The van der Waals surface area contributed by atoms with Crippen molar-refractivity contribution in [1.29, 1.82) is 0 Å². The largest absolute Gasteiger partial charge is 0.497 e. The van der Waals surface area contributed by atoms with Crippen molar-refractivity contribution in [2.24, 2.45) is 0 Å². The average molecular weight is 1270 g/mol. The third-order valence-corrected chi connectivity index (χ3v) is 18.1. The molecule has 0 fully saturated rings. The molecule has 3 aliphatic rings. The van der Waals surface area contributed by atoms with Gasteiger partial charge in [0.1, 0.15) is 17.2 Å². The number of benzene rings is 9. The predicted molar refractivity (Wildman–Crippen MR) is 411 cm³/mol. The molecule has 0 aliphatic heterocycles. The summed E-state index contributed by atoms with van der Waals surface area (Å²) in [6.07, 6.45) is 27.4. The Labute approximate surface area is 573 Å². The van der Waals surface area contributed by atoms with Crippen LogP contribution in [-0.2, 0) is 16.2 Å². The summed E-state index contributed by atoms with van der Waals surface area (Å²) < 4.78 is 16.4. The molecule has 0 unspecified atom stereocenters. The maximum absolute atomic E-state index is 6.43. The Hall–Kier alpha value is -10.7. The highest BCUT2D eigenvalue weighted by Crippen LogP contribution is 2.52. The van der Waals surface area contributed by atoms with E-state index in [0.29, 0.717) is 5.70 Å². The van der Waals surface area contributed by atoms with Crippen LogP contribution in [0.1, 0.15) is 116 Å². The van der Waals surface area contributed by atoms with Crippen LogP contribution >= 0.6 is 0 Å². The molecule has 0 saturated carbocycles. The minimum absolute atomic E-state index is 0.0356. The summed E-state index contributed by atoms with van der Waals surface area (Å²) in [5.74, 6) is 5.48. The van der Waals surface area contributed by atoms with Crippen LogP contribution in [0.4, 0.5) is 39.8 Å². The molecule has 0 saturated heterocycles. The fourth-order valence-corrected chi connectivity index (χ4v) is 13.1. The van der Waals surface area contributed by atoms with Crippen molar-refractivity contribution >= 4 is 45.9 Å². The Morgan fingerprint density at radius 1 is 0.490 bits per heavy atom. The second-order valence-corrected chi connectivity index (χ2v) is 24.9. The fraction of sp³-hybridized carbons (Fsp3) is 0.213. The quantitative estimate of drug-likeness (QED) is 0.0511. The van der Waals surface area contributed by atoms with Gasteiger partial charge in [-0.05, 0) is 215 Å². The lowest BCUT2D eigenvalue weighted by Crippen LogP contribution is -2.21. The fourth-order valence-electron chi connectivity index (χ4n) is 13.1. The third kappa shape index (κ3) is 14.5. The van der Waals surface area contributed by atoms with E-state index in [1.807, 2.05) is 101 Å². The van der Waals surface area contributed by atoms with E-state index < -0.39 is 0 Å². The predicted octanol–water partition coefficient (Wildman–Crippen LogP) is 23.6. The Balaban J connectivity index is 0.000000289. The molecule has 12 rings (SSSR count). The second kappa shape index (κ2) is 31.0. The van der Waals surface area contributed by atoms with Crippen LogP contribution < -0.4 is 33.8 Å². The first-order valence-corrected chi connectivity index (χ1v) is 33.5. The van der Waals surface area contributed by atoms with E-state index in [-0.39, 0.29) is 16.2 Å². The van der Waals surface area contributed by atoms with Gasteiger partial charge in [0.05, 0.1) is 27.0 Å². The van der Waals surface area contributed by atoms with Gasteiger partial charge in [-0.1, -0.05) is 190 Å². The first-order valence-electron chi connectivity index (χ1n) is 33.5. The molecule has 488 valence electrons. The second-order valence-electron chi connectivity index (χ2n) is 24.9. The summed E-state index contributed by atoms with van der Waals surface area (Å²) >= 11 is 0. The molecule has 7 heteroatoms. The molecule has 9 aromatic carbocycles. The maximum atomic E-state index is 6.43. The summed E-state index contributed by atoms with van der Waals surface area (Å²) in [6.45, 7) is 30.6. The number of hydrogen-bond acceptors (Lipinski definition) is 7. The smallest absolute Gasteiger partial charge is 0.119 e. The Morgan fingerprint density at radius 2 is 0.958 bits per heavy atom.